The third kappa shape index (κ3) is 3.67. The molecule has 0 N–H and O–H groups in total. The third-order valence-corrected chi connectivity index (χ3v) is 4.22. The molecule has 3 nitrogen and oxygen atoms in total. The second kappa shape index (κ2) is 6.18. The van der Waals surface area contributed by atoms with Gasteiger partial charge in [0, 0.05) is 0 Å². The number of ether oxygens (including phenoxy) is 1. The Morgan fingerprint density at radius 1 is 1.12 bits per heavy atom. The van der Waals surface area contributed by atoms with Crippen LogP contribution in [0.1, 0.15) is 27.7 Å². The van der Waals surface area contributed by atoms with E-state index in [0.717, 1.165) is 12.1 Å². The zero-order chi connectivity index (χ0) is 18.3. The second-order valence-corrected chi connectivity index (χ2v) is 6.63. The maximum atomic E-state index is 13.7. The van der Waals surface area contributed by atoms with Gasteiger partial charge in [-0.15, -0.1) is 0 Å². The van der Waals surface area contributed by atoms with E-state index >= 15 is 0 Å². The highest BCUT2D eigenvalue weighted by atomic mass is 19.3. The minimum atomic E-state index is -4.37. The zero-order valence-corrected chi connectivity index (χ0v) is 13.7. The Morgan fingerprint density at radius 2 is 1.67 bits per heavy atom. The first-order chi connectivity index (χ1) is 10.9. The van der Waals surface area contributed by atoms with Crippen LogP contribution in [-0.4, -0.2) is 37.3 Å². The Kier molecular flexibility index (Phi) is 4.89. The third-order valence-electron chi connectivity index (χ3n) is 4.22. The van der Waals surface area contributed by atoms with Gasteiger partial charge in [0.25, 0.3) is 0 Å². The molecule has 24 heavy (non-hydrogen) atoms. The van der Waals surface area contributed by atoms with E-state index in [9.17, 15) is 22.0 Å². The Morgan fingerprint density at radius 3 is 2.17 bits per heavy atom. The molecule has 1 aliphatic heterocycles. The fourth-order valence-electron chi connectivity index (χ4n) is 1.99. The van der Waals surface area contributed by atoms with Gasteiger partial charge in [-0.25, -0.2) is 13.2 Å². The molecule has 0 aromatic heterocycles. The van der Waals surface area contributed by atoms with Gasteiger partial charge in [-0.3, -0.25) is 0 Å². The zero-order valence-electron chi connectivity index (χ0n) is 13.7. The molecule has 1 aromatic rings. The van der Waals surface area contributed by atoms with E-state index in [0.29, 0.717) is 5.46 Å². The highest BCUT2D eigenvalue weighted by molar-refractivity contribution is 6.62. The molecule has 1 heterocycles. The summed E-state index contributed by atoms with van der Waals surface area (Å²) in [6.07, 6.45) is -3.90. The fraction of sp³-hybridized carbons (Fsp3) is 0.600. The first-order valence-corrected chi connectivity index (χ1v) is 7.29. The van der Waals surface area contributed by atoms with Crippen molar-refractivity contribution < 1.29 is 36.0 Å². The van der Waals surface area contributed by atoms with E-state index in [1.165, 1.54) is 6.07 Å². The molecule has 1 saturated heterocycles. The van der Waals surface area contributed by atoms with Gasteiger partial charge in [-0.05, 0) is 45.3 Å². The number of benzene rings is 1. The molecule has 0 unspecified atom stereocenters. The monoisotopic (exact) mass is 352 g/mol. The number of halogens is 5. The highest BCUT2D eigenvalue weighted by Crippen LogP contribution is 2.36. The van der Waals surface area contributed by atoms with Crippen LogP contribution in [0.4, 0.5) is 22.0 Å². The van der Waals surface area contributed by atoms with E-state index in [4.69, 9.17) is 9.31 Å². The van der Waals surface area contributed by atoms with Gasteiger partial charge in [-0.1, -0.05) is 6.07 Å². The normalized spacial score (nSPS) is 19.8. The summed E-state index contributed by atoms with van der Waals surface area (Å²) < 4.78 is 79.9. The van der Waals surface area contributed by atoms with Crippen molar-refractivity contribution in [3.63, 3.8) is 0 Å². The van der Waals surface area contributed by atoms with E-state index < -0.39 is 48.8 Å². The van der Waals surface area contributed by atoms with Crippen molar-refractivity contribution >= 4 is 12.6 Å². The van der Waals surface area contributed by atoms with Crippen LogP contribution in [0.5, 0.6) is 5.75 Å². The van der Waals surface area contributed by atoms with Crippen LogP contribution in [0.25, 0.3) is 0 Å². The smallest absolute Gasteiger partial charge is 0.484 e. The van der Waals surface area contributed by atoms with Gasteiger partial charge >= 0.3 is 19.5 Å². The molecule has 2 rings (SSSR count). The molecule has 1 aliphatic rings. The second-order valence-electron chi connectivity index (χ2n) is 6.63. The van der Waals surface area contributed by atoms with Gasteiger partial charge < -0.3 is 14.0 Å². The molecule has 0 amide bonds. The lowest BCUT2D eigenvalue weighted by Crippen LogP contribution is -2.41. The summed E-state index contributed by atoms with van der Waals surface area (Å²) >= 11 is 0. The van der Waals surface area contributed by atoms with Crippen molar-refractivity contribution in [2.45, 2.75) is 51.2 Å². The first kappa shape index (κ1) is 19.0. The minimum Gasteiger partial charge on any atom is -0.484 e. The standard InChI is InChI=1S/C15H18BF5O3/c1-13(2)14(3,4)24-16(23-13)9-5-6-10(17)11(7-9)22-8-15(20,21)12(18)19/h5-7,12H,8H2,1-4H3. The maximum absolute atomic E-state index is 13.7. The summed E-state index contributed by atoms with van der Waals surface area (Å²) in [6.45, 7) is 5.64. The summed E-state index contributed by atoms with van der Waals surface area (Å²) in [6, 6.07) is 3.45. The Hall–Kier alpha value is -1.35. The average molecular weight is 352 g/mol. The van der Waals surface area contributed by atoms with Crippen LogP contribution in [0, 0.1) is 5.82 Å². The largest absolute Gasteiger partial charge is 0.494 e. The average Bonchev–Trinajstić information content (AvgIpc) is 2.66. The van der Waals surface area contributed by atoms with Crippen LogP contribution in [0.3, 0.4) is 0 Å². The SMILES string of the molecule is CC1(C)OB(c2ccc(F)c(OCC(F)(F)C(F)F)c2)OC1(C)C. The predicted octanol–water partition coefficient (Wildman–Crippen LogP) is 3.40. The highest BCUT2D eigenvalue weighted by Gasteiger charge is 2.51. The van der Waals surface area contributed by atoms with Gasteiger partial charge in [0.05, 0.1) is 11.2 Å². The Labute approximate surface area is 137 Å². The summed E-state index contributed by atoms with van der Waals surface area (Å²) in [5, 5.41) is 0. The van der Waals surface area contributed by atoms with Crippen molar-refractivity contribution in [3.8, 4) is 5.75 Å². The number of hydrogen-bond donors (Lipinski definition) is 0. The summed E-state index contributed by atoms with van der Waals surface area (Å²) in [4.78, 5) is 0. The Bertz CT molecular complexity index is 591. The molecule has 9 heteroatoms. The van der Waals surface area contributed by atoms with E-state index in [1.807, 2.05) is 27.7 Å². The summed E-state index contributed by atoms with van der Waals surface area (Å²) in [5.74, 6) is -5.88. The lowest BCUT2D eigenvalue weighted by Gasteiger charge is -2.32. The molecule has 1 fully saturated rings. The lowest BCUT2D eigenvalue weighted by molar-refractivity contribution is -0.148. The van der Waals surface area contributed by atoms with Gasteiger partial charge in [-0.2, -0.15) is 8.78 Å². The van der Waals surface area contributed by atoms with Gasteiger partial charge in [0.15, 0.2) is 18.2 Å². The van der Waals surface area contributed by atoms with E-state index in [-0.39, 0.29) is 0 Å². The molecule has 0 radical (unpaired) electrons. The van der Waals surface area contributed by atoms with Crippen LogP contribution in [0.15, 0.2) is 18.2 Å². The number of hydrogen-bond acceptors (Lipinski definition) is 3. The minimum absolute atomic E-state index is 0.338. The maximum Gasteiger partial charge on any atom is 0.494 e. The molecular formula is C15H18BF5O3. The Balaban J connectivity index is 2.18. The van der Waals surface area contributed by atoms with Crippen LogP contribution >= 0.6 is 0 Å². The fourth-order valence-corrected chi connectivity index (χ4v) is 1.99. The topological polar surface area (TPSA) is 27.7 Å². The van der Waals surface area contributed by atoms with Gasteiger partial charge in [0.1, 0.15) is 0 Å². The van der Waals surface area contributed by atoms with E-state index in [2.05, 4.69) is 4.74 Å². The summed E-state index contributed by atoms with van der Waals surface area (Å²) in [5.41, 5.74) is -0.948. The molecule has 0 atom stereocenters. The van der Waals surface area contributed by atoms with E-state index in [1.54, 1.807) is 0 Å². The van der Waals surface area contributed by atoms with Crippen molar-refractivity contribution in [2.75, 3.05) is 6.61 Å². The van der Waals surface area contributed by atoms with Crippen molar-refractivity contribution in [3.05, 3.63) is 24.0 Å². The molecule has 0 bridgehead atoms. The quantitative estimate of drug-likeness (QED) is 0.601. The first-order valence-electron chi connectivity index (χ1n) is 7.29. The van der Waals surface area contributed by atoms with Gasteiger partial charge in [0.2, 0.25) is 0 Å². The van der Waals surface area contributed by atoms with Crippen LogP contribution in [0.2, 0.25) is 0 Å². The molecule has 0 saturated carbocycles. The molecule has 134 valence electrons. The number of alkyl halides is 4. The number of rotatable bonds is 5. The summed E-state index contributed by atoms with van der Waals surface area (Å²) in [7, 11) is -0.853. The van der Waals surface area contributed by atoms with Crippen molar-refractivity contribution in [1.82, 2.24) is 0 Å². The predicted molar refractivity (Wildman–Crippen MR) is 78.6 cm³/mol. The molecular weight excluding hydrogens is 334 g/mol. The molecule has 0 spiro atoms. The van der Waals surface area contributed by atoms with Crippen molar-refractivity contribution in [1.29, 1.82) is 0 Å². The van der Waals surface area contributed by atoms with Crippen LogP contribution in [-0.2, 0) is 9.31 Å². The lowest BCUT2D eigenvalue weighted by atomic mass is 9.79. The van der Waals surface area contributed by atoms with Crippen molar-refractivity contribution in [2.24, 2.45) is 0 Å². The van der Waals surface area contributed by atoms with Crippen LogP contribution < -0.4 is 10.2 Å². The molecule has 0 aliphatic carbocycles. The molecule has 1 aromatic carbocycles.